The standard InChI is InChI=1S/C20H22N4O3S/c1-14-8-10-17(11-9-14)24-28(26,27)20-18(15(2)22-23-20)19(25)21-13-12-16-6-4-3-5-7-16/h3-11,24H,12-13H2,1-2H3,(H,21,25)(H,22,23). The number of rotatable bonds is 7. The number of benzene rings is 2. The maximum atomic E-state index is 12.7. The molecule has 0 aliphatic heterocycles. The van der Waals surface area contributed by atoms with Crippen molar-refractivity contribution in [3.8, 4) is 0 Å². The molecule has 0 fully saturated rings. The number of aryl methyl sites for hydroxylation is 2. The van der Waals surface area contributed by atoms with E-state index in [0.717, 1.165) is 11.1 Å². The molecule has 1 amide bonds. The van der Waals surface area contributed by atoms with Gasteiger partial charge in [-0.3, -0.25) is 14.6 Å². The van der Waals surface area contributed by atoms with Crippen molar-refractivity contribution in [2.45, 2.75) is 25.3 Å². The fourth-order valence-electron chi connectivity index (χ4n) is 2.75. The molecule has 0 bridgehead atoms. The zero-order valence-corrected chi connectivity index (χ0v) is 16.5. The van der Waals surface area contributed by atoms with Crippen LogP contribution in [0.25, 0.3) is 0 Å². The van der Waals surface area contributed by atoms with E-state index in [-0.39, 0.29) is 10.6 Å². The average molecular weight is 398 g/mol. The lowest BCUT2D eigenvalue weighted by Crippen LogP contribution is -2.28. The number of hydrogen-bond donors (Lipinski definition) is 3. The number of carbonyl (C=O) groups is 1. The Bertz CT molecular complexity index is 1060. The molecule has 0 saturated carbocycles. The number of nitrogens with one attached hydrogen (secondary N) is 3. The van der Waals surface area contributed by atoms with Gasteiger partial charge in [0.05, 0.1) is 0 Å². The van der Waals surface area contributed by atoms with E-state index in [4.69, 9.17) is 0 Å². The van der Waals surface area contributed by atoms with Crippen molar-refractivity contribution >= 4 is 21.6 Å². The molecular weight excluding hydrogens is 376 g/mol. The maximum absolute atomic E-state index is 12.7. The van der Waals surface area contributed by atoms with E-state index in [1.807, 2.05) is 37.3 Å². The molecule has 28 heavy (non-hydrogen) atoms. The lowest BCUT2D eigenvalue weighted by Gasteiger charge is -2.09. The van der Waals surface area contributed by atoms with E-state index in [1.165, 1.54) is 0 Å². The SMILES string of the molecule is Cc1ccc(NS(=O)(=O)c2n[nH]c(C)c2C(=O)NCCc2ccccc2)cc1. The van der Waals surface area contributed by atoms with Crippen LogP contribution >= 0.6 is 0 Å². The zero-order valence-electron chi connectivity index (χ0n) is 15.7. The smallest absolute Gasteiger partial charge is 0.282 e. The number of aromatic amines is 1. The minimum atomic E-state index is -4.01. The molecular formula is C20H22N4O3S. The first kappa shape index (κ1) is 19.6. The number of amides is 1. The molecule has 1 aromatic heterocycles. The summed E-state index contributed by atoms with van der Waals surface area (Å²) in [4.78, 5) is 12.6. The summed E-state index contributed by atoms with van der Waals surface area (Å²) in [5.41, 5.74) is 2.91. The van der Waals surface area contributed by atoms with Crippen LogP contribution < -0.4 is 10.0 Å². The second kappa shape index (κ2) is 8.26. The molecule has 0 aliphatic rings. The van der Waals surface area contributed by atoms with E-state index in [1.54, 1.807) is 31.2 Å². The molecule has 0 radical (unpaired) electrons. The molecule has 3 rings (SSSR count). The molecule has 0 saturated heterocycles. The highest BCUT2D eigenvalue weighted by Gasteiger charge is 2.28. The molecule has 0 atom stereocenters. The van der Waals surface area contributed by atoms with Crippen LogP contribution in [0.3, 0.4) is 0 Å². The Kier molecular flexibility index (Phi) is 5.79. The van der Waals surface area contributed by atoms with Crippen LogP contribution in [0.15, 0.2) is 59.6 Å². The number of carbonyl (C=O) groups excluding carboxylic acids is 1. The van der Waals surface area contributed by atoms with Crippen LogP contribution in [-0.4, -0.2) is 31.1 Å². The molecule has 1 heterocycles. The molecule has 0 aliphatic carbocycles. The third-order valence-corrected chi connectivity index (χ3v) is 5.55. The summed E-state index contributed by atoms with van der Waals surface area (Å²) in [5, 5.41) is 8.90. The summed E-state index contributed by atoms with van der Waals surface area (Å²) in [6.45, 7) is 3.91. The normalized spacial score (nSPS) is 11.2. The van der Waals surface area contributed by atoms with Crippen molar-refractivity contribution in [1.82, 2.24) is 15.5 Å². The average Bonchev–Trinajstić information content (AvgIpc) is 3.07. The zero-order chi connectivity index (χ0) is 20.1. The molecule has 0 unspecified atom stereocenters. The quantitative estimate of drug-likeness (QED) is 0.569. The van der Waals surface area contributed by atoms with Crippen LogP contribution in [0.2, 0.25) is 0 Å². The lowest BCUT2D eigenvalue weighted by molar-refractivity contribution is 0.0950. The molecule has 3 N–H and O–H groups in total. The molecule has 3 aromatic rings. The van der Waals surface area contributed by atoms with Crippen molar-refractivity contribution in [3.63, 3.8) is 0 Å². The van der Waals surface area contributed by atoms with Crippen molar-refractivity contribution in [2.75, 3.05) is 11.3 Å². The number of aromatic nitrogens is 2. The summed E-state index contributed by atoms with van der Waals surface area (Å²) in [6, 6.07) is 16.6. The summed E-state index contributed by atoms with van der Waals surface area (Å²) in [5.74, 6) is -0.480. The van der Waals surface area contributed by atoms with Crippen molar-refractivity contribution in [1.29, 1.82) is 0 Å². The van der Waals surface area contributed by atoms with Gasteiger partial charge >= 0.3 is 0 Å². The Balaban J connectivity index is 1.74. The Hall–Kier alpha value is -3.13. The van der Waals surface area contributed by atoms with Gasteiger partial charge in [0, 0.05) is 17.9 Å². The van der Waals surface area contributed by atoms with Crippen LogP contribution in [-0.2, 0) is 16.4 Å². The van der Waals surface area contributed by atoms with Gasteiger partial charge in [0.2, 0.25) is 5.03 Å². The van der Waals surface area contributed by atoms with Gasteiger partial charge in [-0.2, -0.15) is 13.5 Å². The Morgan fingerprint density at radius 1 is 1.04 bits per heavy atom. The molecule has 146 valence electrons. The number of hydrogen-bond acceptors (Lipinski definition) is 4. The highest BCUT2D eigenvalue weighted by molar-refractivity contribution is 7.92. The minimum absolute atomic E-state index is 0.0210. The van der Waals surface area contributed by atoms with Crippen LogP contribution in [0.1, 0.15) is 27.2 Å². The van der Waals surface area contributed by atoms with Gasteiger partial charge in [-0.05, 0) is 38.0 Å². The molecule has 2 aromatic carbocycles. The van der Waals surface area contributed by atoms with Crippen LogP contribution in [0.4, 0.5) is 5.69 Å². The van der Waals surface area contributed by atoms with Gasteiger partial charge in [0.1, 0.15) is 5.56 Å². The molecule has 0 spiro atoms. The summed E-state index contributed by atoms with van der Waals surface area (Å²) in [7, 11) is -4.01. The number of anilines is 1. The third kappa shape index (κ3) is 4.58. The second-order valence-electron chi connectivity index (χ2n) is 6.49. The van der Waals surface area contributed by atoms with E-state index in [0.29, 0.717) is 24.3 Å². The highest BCUT2D eigenvalue weighted by Crippen LogP contribution is 2.20. The topological polar surface area (TPSA) is 104 Å². The summed E-state index contributed by atoms with van der Waals surface area (Å²) < 4.78 is 28.0. The Morgan fingerprint density at radius 3 is 2.39 bits per heavy atom. The van der Waals surface area contributed by atoms with E-state index >= 15 is 0 Å². The summed E-state index contributed by atoms with van der Waals surface area (Å²) >= 11 is 0. The predicted molar refractivity (Wildman–Crippen MR) is 108 cm³/mol. The predicted octanol–water partition coefficient (Wildman–Crippen LogP) is 2.80. The van der Waals surface area contributed by atoms with Crippen LogP contribution in [0, 0.1) is 13.8 Å². The van der Waals surface area contributed by atoms with Gasteiger partial charge in [-0.25, -0.2) is 0 Å². The van der Waals surface area contributed by atoms with E-state index in [9.17, 15) is 13.2 Å². The van der Waals surface area contributed by atoms with Gasteiger partial charge in [0.15, 0.2) is 0 Å². The first-order valence-corrected chi connectivity index (χ1v) is 10.3. The van der Waals surface area contributed by atoms with Gasteiger partial charge in [-0.15, -0.1) is 0 Å². The Labute approximate surface area is 164 Å². The maximum Gasteiger partial charge on any atom is 0.282 e. The van der Waals surface area contributed by atoms with Crippen molar-refractivity contribution < 1.29 is 13.2 Å². The Morgan fingerprint density at radius 2 is 1.71 bits per heavy atom. The van der Waals surface area contributed by atoms with Crippen LogP contribution in [0.5, 0.6) is 0 Å². The highest BCUT2D eigenvalue weighted by atomic mass is 32.2. The van der Waals surface area contributed by atoms with Gasteiger partial charge < -0.3 is 5.32 Å². The third-order valence-electron chi connectivity index (χ3n) is 4.24. The number of H-pyrrole nitrogens is 1. The van der Waals surface area contributed by atoms with Gasteiger partial charge in [0.25, 0.3) is 15.9 Å². The monoisotopic (exact) mass is 398 g/mol. The summed E-state index contributed by atoms with van der Waals surface area (Å²) in [6.07, 6.45) is 0.646. The molecule has 7 nitrogen and oxygen atoms in total. The first-order valence-electron chi connectivity index (χ1n) is 8.83. The first-order chi connectivity index (χ1) is 13.4. The fourth-order valence-corrected chi connectivity index (χ4v) is 3.97. The van der Waals surface area contributed by atoms with E-state index < -0.39 is 15.9 Å². The largest absolute Gasteiger partial charge is 0.352 e. The molecule has 8 heteroatoms. The second-order valence-corrected chi connectivity index (χ2v) is 8.09. The number of sulfonamides is 1. The van der Waals surface area contributed by atoms with E-state index in [2.05, 4.69) is 20.2 Å². The van der Waals surface area contributed by atoms with Crippen molar-refractivity contribution in [3.05, 3.63) is 77.0 Å². The van der Waals surface area contributed by atoms with Crippen molar-refractivity contribution in [2.24, 2.45) is 0 Å². The lowest BCUT2D eigenvalue weighted by atomic mass is 10.1. The van der Waals surface area contributed by atoms with Gasteiger partial charge in [-0.1, -0.05) is 48.0 Å². The minimum Gasteiger partial charge on any atom is -0.352 e. The fraction of sp³-hybridized carbons (Fsp3) is 0.200. The number of nitrogens with zero attached hydrogens (tertiary/aromatic N) is 1.